The van der Waals surface area contributed by atoms with Crippen molar-refractivity contribution >= 4 is 5.78 Å². The fourth-order valence-corrected chi connectivity index (χ4v) is 2.96. The SMILES string of the molecule is CCn1cc(C(=O)c2nc([C@H]3CCO[C@@H]3C(C)(C)C)no2)cn1. The molecule has 7 heteroatoms. The Hall–Kier alpha value is -2.02. The van der Waals surface area contributed by atoms with Crippen LogP contribution >= 0.6 is 0 Å². The number of hydrogen-bond acceptors (Lipinski definition) is 6. The molecule has 23 heavy (non-hydrogen) atoms. The molecule has 124 valence electrons. The summed E-state index contributed by atoms with van der Waals surface area (Å²) in [6.07, 6.45) is 4.06. The molecule has 0 bridgehead atoms. The lowest BCUT2D eigenvalue weighted by Crippen LogP contribution is -2.30. The van der Waals surface area contributed by atoms with E-state index in [1.54, 1.807) is 10.9 Å². The van der Waals surface area contributed by atoms with Crippen molar-refractivity contribution in [2.45, 2.75) is 52.7 Å². The van der Waals surface area contributed by atoms with Crippen LogP contribution in [0.1, 0.15) is 62.1 Å². The number of ether oxygens (including phenoxy) is 1. The lowest BCUT2D eigenvalue weighted by molar-refractivity contribution is 0.0193. The van der Waals surface area contributed by atoms with E-state index < -0.39 is 0 Å². The average Bonchev–Trinajstić information content (AvgIpc) is 3.23. The highest BCUT2D eigenvalue weighted by Gasteiger charge is 2.41. The van der Waals surface area contributed by atoms with Gasteiger partial charge in [-0.05, 0) is 18.8 Å². The van der Waals surface area contributed by atoms with E-state index in [1.807, 2.05) is 6.92 Å². The van der Waals surface area contributed by atoms with Crippen molar-refractivity contribution in [3.05, 3.63) is 29.7 Å². The van der Waals surface area contributed by atoms with Crippen molar-refractivity contribution in [3.8, 4) is 0 Å². The lowest BCUT2D eigenvalue weighted by atomic mass is 9.81. The first-order valence-electron chi connectivity index (χ1n) is 7.92. The summed E-state index contributed by atoms with van der Waals surface area (Å²) in [7, 11) is 0. The molecular weight excluding hydrogens is 296 g/mol. The van der Waals surface area contributed by atoms with Gasteiger partial charge in [0.1, 0.15) is 0 Å². The molecule has 0 saturated carbocycles. The smallest absolute Gasteiger partial charge is 0.299 e. The number of aryl methyl sites for hydroxylation is 1. The van der Waals surface area contributed by atoms with E-state index in [1.165, 1.54) is 6.20 Å². The number of nitrogens with zero attached hydrogens (tertiary/aromatic N) is 4. The number of carbonyl (C=O) groups is 1. The molecule has 2 aromatic heterocycles. The van der Waals surface area contributed by atoms with Gasteiger partial charge in [-0.2, -0.15) is 10.1 Å². The maximum Gasteiger partial charge on any atom is 0.299 e. The van der Waals surface area contributed by atoms with Crippen LogP contribution in [0.3, 0.4) is 0 Å². The molecule has 0 radical (unpaired) electrons. The first kappa shape index (κ1) is 15.9. The minimum Gasteiger partial charge on any atom is -0.377 e. The van der Waals surface area contributed by atoms with Gasteiger partial charge in [0.05, 0.1) is 23.8 Å². The standard InChI is InChI=1S/C16H22N4O3/c1-5-20-9-10(8-17-20)12(21)15-18-14(19-23-15)11-6-7-22-13(11)16(2,3)4/h8-9,11,13H,5-7H2,1-4H3/t11-,13-/m0/s1. The summed E-state index contributed by atoms with van der Waals surface area (Å²) >= 11 is 0. The van der Waals surface area contributed by atoms with Crippen LogP contribution in [0.15, 0.2) is 16.9 Å². The third-order valence-corrected chi connectivity index (χ3v) is 4.13. The van der Waals surface area contributed by atoms with Crippen LogP contribution in [-0.2, 0) is 11.3 Å². The van der Waals surface area contributed by atoms with Gasteiger partial charge >= 0.3 is 0 Å². The molecule has 1 aliphatic heterocycles. The number of carbonyl (C=O) groups excluding carboxylic acids is 1. The fraction of sp³-hybridized carbons (Fsp3) is 0.625. The van der Waals surface area contributed by atoms with Crippen LogP contribution in [0, 0.1) is 5.41 Å². The number of ketones is 1. The first-order chi connectivity index (χ1) is 10.9. The number of rotatable bonds is 4. The van der Waals surface area contributed by atoms with E-state index in [9.17, 15) is 4.79 Å². The predicted octanol–water partition coefficient (Wildman–Crippen LogP) is 2.44. The maximum absolute atomic E-state index is 12.4. The highest BCUT2D eigenvalue weighted by molar-refractivity contribution is 6.05. The molecule has 1 fully saturated rings. The van der Waals surface area contributed by atoms with Gasteiger partial charge in [-0.15, -0.1) is 0 Å². The van der Waals surface area contributed by atoms with E-state index in [0.29, 0.717) is 24.5 Å². The van der Waals surface area contributed by atoms with E-state index in [-0.39, 0.29) is 29.1 Å². The second-order valence-corrected chi connectivity index (χ2v) is 6.92. The molecule has 2 aromatic rings. The number of aromatic nitrogens is 4. The van der Waals surface area contributed by atoms with E-state index in [4.69, 9.17) is 9.26 Å². The molecule has 1 saturated heterocycles. The van der Waals surface area contributed by atoms with Crippen LogP contribution in [0.5, 0.6) is 0 Å². The Balaban J connectivity index is 1.81. The minimum absolute atomic E-state index is 0.00946. The Kier molecular flexibility index (Phi) is 4.06. The molecule has 3 rings (SSSR count). The molecule has 1 aliphatic rings. The topological polar surface area (TPSA) is 83.0 Å². The van der Waals surface area contributed by atoms with Crippen LogP contribution in [0.4, 0.5) is 0 Å². The average molecular weight is 318 g/mol. The highest BCUT2D eigenvalue weighted by Crippen LogP contribution is 2.39. The van der Waals surface area contributed by atoms with Crippen LogP contribution in [0.25, 0.3) is 0 Å². The van der Waals surface area contributed by atoms with E-state index in [0.717, 1.165) is 6.42 Å². The molecule has 3 heterocycles. The summed E-state index contributed by atoms with van der Waals surface area (Å²) in [6.45, 7) is 9.71. The molecule has 0 aromatic carbocycles. The monoisotopic (exact) mass is 318 g/mol. The van der Waals surface area contributed by atoms with E-state index in [2.05, 4.69) is 36.0 Å². The normalized spacial score (nSPS) is 21.7. The van der Waals surface area contributed by atoms with Crippen molar-refractivity contribution < 1.29 is 14.1 Å². The molecule has 0 amide bonds. The van der Waals surface area contributed by atoms with E-state index >= 15 is 0 Å². The summed E-state index contributed by atoms with van der Waals surface area (Å²) in [4.78, 5) is 16.7. The second-order valence-electron chi connectivity index (χ2n) is 6.92. The fourth-order valence-electron chi connectivity index (χ4n) is 2.96. The third-order valence-electron chi connectivity index (χ3n) is 4.13. The van der Waals surface area contributed by atoms with Crippen molar-refractivity contribution in [3.63, 3.8) is 0 Å². The van der Waals surface area contributed by atoms with Crippen LogP contribution < -0.4 is 0 Å². The lowest BCUT2D eigenvalue weighted by Gasteiger charge is -2.29. The maximum atomic E-state index is 12.4. The number of hydrogen-bond donors (Lipinski definition) is 0. The third kappa shape index (κ3) is 3.06. The molecule has 7 nitrogen and oxygen atoms in total. The Morgan fingerprint density at radius 1 is 1.43 bits per heavy atom. The van der Waals surface area contributed by atoms with Crippen LogP contribution in [-0.4, -0.2) is 38.4 Å². The van der Waals surface area contributed by atoms with Crippen LogP contribution in [0.2, 0.25) is 0 Å². The molecule has 2 atom stereocenters. The highest BCUT2D eigenvalue weighted by atomic mass is 16.5. The van der Waals surface area contributed by atoms with Crippen molar-refractivity contribution in [2.24, 2.45) is 5.41 Å². The van der Waals surface area contributed by atoms with Crippen molar-refractivity contribution in [2.75, 3.05) is 6.61 Å². The second kappa shape index (κ2) is 5.88. The Labute approximate surface area is 135 Å². The molecular formula is C16H22N4O3. The zero-order chi connectivity index (χ0) is 16.6. The van der Waals surface area contributed by atoms with Gasteiger partial charge < -0.3 is 9.26 Å². The van der Waals surface area contributed by atoms with Gasteiger partial charge in [-0.25, -0.2) is 0 Å². The van der Waals surface area contributed by atoms with Crippen molar-refractivity contribution in [1.82, 2.24) is 19.9 Å². The molecule has 0 unspecified atom stereocenters. The van der Waals surface area contributed by atoms with Gasteiger partial charge in [0.2, 0.25) is 0 Å². The summed E-state index contributed by atoms with van der Waals surface area (Å²) < 4.78 is 12.7. The van der Waals surface area contributed by atoms with Gasteiger partial charge in [0.15, 0.2) is 5.82 Å². The van der Waals surface area contributed by atoms with Gasteiger partial charge in [-0.1, -0.05) is 25.9 Å². The molecule has 0 aliphatic carbocycles. The Morgan fingerprint density at radius 2 is 2.22 bits per heavy atom. The zero-order valence-corrected chi connectivity index (χ0v) is 13.9. The van der Waals surface area contributed by atoms with Gasteiger partial charge in [0, 0.05) is 19.3 Å². The summed E-state index contributed by atoms with van der Waals surface area (Å²) in [5.74, 6) is 0.317. The zero-order valence-electron chi connectivity index (χ0n) is 13.9. The molecule has 0 N–H and O–H groups in total. The minimum atomic E-state index is -0.297. The quantitative estimate of drug-likeness (QED) is 0.805. The van der Waals surface area contributed by atoms with Gasteiger partial charge in [0.25, 0.3) is 11.7 Å². The van der Waals surface area contributed by atoms with Crippen molar-refractivity contribution in [1.29, 1.82) is 0 Å². The predicted molar refractivity (Wildman–Crippen MR) is 82.2 cm³/mol. The Bertz CT molecular complexity index is 698. The summed E-state index contributed by atoms with van der Waals surface area (Å²) in [5, 5.41) is 8.12. The summed E-state index contributed by atoms with van der Waals surface area (Å²) in [6, 6.07) is 0. The largest absolute Gasteiger partial charge is 0.377 e. The Morgan fingerprint density at radius 3 is 2.87 bits per heavy atom. The first-order valence-corrected chi connectivity index (χ1v) is 7.92. The summed E-state index contributed by atoms with van der Waals surface area (Å²) in [5.41, 5.74) is 0.436. The molecule has 0 spiro atoms. The van der Waals surface area contributed by atoms with Gasteiger partial charge in [-0.3, -0.25) is 9.48 Å².